The molecule has 1 saturated heterocycles. The van der Waals surface area contributed by atoms with E-state index in [4.69, 9.17) is 14.5 Å². The van der Waals surface area contributed by atoms with Crippen LogP contribution in [0.15, 0.2) is 6.07 Å². The van der Waals surface area contributed by atoms with Crippen LogP contribution in [-0.2, 0) is 20.5 Å². The van der Waals surface area contributed by atoms with E-state index in [1.807, 2.05) is 13.1 Å². The Balaban J connectivity index is 2.49. The third kappa shape index (κ3) is 2.94. The molecule has 1 aromatic rings. The lowest BCUT2D eigenvalue weighted by Gasteiger charge is -2.35. The second kappa shape index (κ2) is 5.66. The van der Waals surface area contributed by atoms with Crippen molar-refractivity contribution < 1.29 is 9.47 Å². The fraction of sp³-hybridized carbons (Fsp3) is 0.733. The minimum absolute atomic E-state index is 0.0244. The Bertz CT molecular complexity index is 463. The molecule has 112 valence electrons. The molecule has 0 bridgehead atoms. The Morgan fingerprint density at radius 1 is 1.25 bits per heavy atom. The molecule has 2 heterocycles. The molecular weight excluding hydrogens is 254 g/mol. The van der Waals surface area contributed by atoms with Gasteiger partial charge >= 0.3 is 0 Å². The molecule has 1 fully saturated rings. The van der Waals surface area contributed by atoms with Crippen molar-refractivity contribution in [2.24, 2.45) is 0 Å². The average Bonchev–Trinajstić information content (AvgIpc) is 2.46. The molecule has 1 aromatic heterocycles. The lowest BCUT2D eigenvalue weighted by atomic mass is 9.89. The van der Waals surface area contributed by atoms with E-state index in [9.17, 15) is 0 Å². The number of anilines is 1. The van der Waals surface area contributed by atoms with E-state index in [2.05, 4.69) is 31.1 Å². The van der Waals surface area contributed by atoms with E-state index >= 15 is 0 Å². The van der Waals surface area contributed by atoms with E-state index in [-0.39, 0.29) is 5.41 Å². The maximum absolute atomic E-state index is 5.80. The molecule has 1 N–H and O–H groups in total. The molecule has 5 heteroatoms. The summed E-state index contributed by atoms with van der Waals surface area (Å²) in [5, 5.41) is 3.12. The van der Waals surface area contributed by atoms with Gasteiger partial charge < -0.3 is 14.8 Å². The normalized spacial score (nSPS) is 18.9. The molecule has 1 aliphatic heterocycles. The maximum Gasteiger partial charge on any atom is 0.163 e. The van der Waals surface area contributed by atoms with Gasteiger partial charge in [0.05, 0.1) is 5.69 Å². The number of ether oxygens (including phenoxy) is 2. The fourth-order valence-electron chi connectivity index (χ4n) is 2.38. The second-order valence-electron chi connectivity index (χ2n) is 6.27. The predicted molar refractivity (Wildman–Crippen MR) is 79.0 cm³/mol. The molecule has 2 rings (SSSR count). The van der Waals surface area contributed by atoms with Gasteiger partial charge in [-0.15, -0.1) is 0 Å². The Morgan fingerprint density at radius 3 is 2.40 bits per heavy atom. The van der Waals surface area contributed by atoms with Gasteiger partial charge in [0.25, 0.3) is 0 Å². The third-order valence-corrected chi connectivity index (χ3v) is 3.85. The molecule has 0 spiro atoms. The van der Waals surface area contributed by atoms with Crippen molar-refractivity contribution in [2.75, 3.05) is 32.7 Å². The molecule has 0 aliphatic carbocycles. The van der Waals surface area contributed by atoms with Crippen LogP contribution in [0, 0.1) is 0 Å². The first-order valence-corrected chi connectivity index (χ1v) is 7.12. The summed E-state index contributed by atoms with van der Waals surface area (Å²) in [6, 6.07) is 2.01. The summed E-state index contributed by atoms with van der Waals surface area (Å²) in [5.74, 6) is 1.60. The summed E-state index contributed by atoms with van der Waals surface area (Å²) < 4.78 is 11.3. The topological polar surface area (TPSA) is 56.3 Å². The minimum Gasteiger partial charge on any atom is -0.381 e. The van der Waals surface area contributed by atoms with Crippen LogP contribution in [0.4, 0.5) is 5.82 Å². The number of methoxy groups -OCH3 is 1. The van der Waals surface area contributed by atoms with Gasteiger partial charge in [-0.3, -0.25) is 0 Å². The highest BCUT2D eigenvalue weighted by Crippen LogP contribution is 2.35. The molecule has 0 amide bonds. The summed E-state index contributed by atoms with van der Waals surface area (Å²) in [6.45, 7) is 7.84. The van der Waals surface area contributed by atoms with Crippen LogP contribution in [0.1, 0.15) is 45.1 Å². The van der Waals surface area contributed by atoms with E-state index in [1.165, 1.54) is 0 Å². The van der Waals surface area contributed by atoms with Gasteiger partial charge in [0.2, 0.25) is 0 Å². The molecule has 0 radical (unpaired) electrons. The van der Waals surface area contributed by atoms with E-state index in [0.29, 0.717) is 13.2 Å². The lowest BCUT2D eigenvalue weighted by Crippen LogP contribution is -2.38. The number of rotatable bonds is 3. The molecule has 0 saturated carbocycles. The van der Waals surface area contributed by atoms with Crippen molar-refractivity contribution in [1.29, 1.82) is 0 Å². The highest BCUT2D eigenvalue weighted by Gasteiger charge is 2.38. The zero-order chi connectivity index (χ0) is 14.8. The van der Waals surface area contributed by atoms with Gasteiger partial charge in [0.1, 0.15) is 11.4 Å². The zero-order valence-corrected chi connectivity index (χ0v) is 13.1. The molecular formula is C15H25N3O2. The number of nitrogens with zero attached hydrogens (tertiary/aromatic N) is 2. The van der Waals surface area contributed by atoms with Gasteiger partial charge in [-0.25, -0.2) is 9.97 Å². The standard InChI is InChI=1S/C15H25N3O2/c1-14(2,3)11-10-12(16-4)18-13(17-11)15(19-5)6-8-20-9-7-15/h10H,6-9H2,1-5H3,(H,16,17,18). The first kappa shape index (κ1) is 15.2. The quantitative estimate of drug-likeness (QED) is 0.921. The van der Waals surface area contributed by atoms with Crippen molar-refractivity contribution in [3.63, 3.8) is 0 Å². The average molecular weight is 279 g/mol. The van der Waals surface area contributed by atoms with Crippen molar-refractivity contribution in [3.05, 3.63) is 17.6 Å². The van der Waals surface area contributed by atoms with Crippen molar-refractivity contribution in [1.82, 2.24) is 9.97 Å². The highest BCUT2D eigenvalue weighted by atomic mass is 16.5. The fourth-order valence-corrected chi connectivity index (χ4v) is 2.38. The number of nitrogens with one attached hydrogen (secondary N) is 1. The van der Waals surface area contributed by atoms with Crippen LogP contribution in [0.3, 0.4) is 0 Å². The van der Waals surface area contributed by atoms with Crippen molar-refractivity contribution >= 4 is 5.82 Å². The van der Waals surface area contributed by atoms with Gasteiger partial charge in [-0.05, 0) is 0 Å². The minimum atomic E-state index is -0.425. The molecule has 5 nitrogen and oxygen atoms in total. The number of hydrogen-bond acceptors (Lipinski definition) is 5. The summed E-state index contributed by atoms with van der Waals surface area (Å²) in [7, 11) is 3.61. The number of aromatic nitrogens is 2. The lowest BCUT2D eigenvalue weighted by molar-refractivity contribution is -0.100. The van der Waals surface area contributed by atoms with Crippen molar-refractivity contribution in [2.45, 2.75) is 44.6 Å². The second-order valence-corrected chi connectivity index (χ2v) is 6.27. The molecule has 0 aromatic carbocycles. The molecule has 1 aliphatic rings. The van der Waals surface area contributed by atoms with Crippen LogP contribution in [-0.4, -0.2) is 37.3 Å². The molecule has 0 unspecified atom stereocenters. The van der Waals surface area contributed by atoms with Crippen LogP contribution in [0.5, 0.6) is 0 Å². The maximum atomic E-state index is 5.80. The summed E-state index contributed by atoms with van der Waals surface area (Å²) in [4.78, 5) is 9.42. The number of hydrogen-bond donors (Lipinski definition) is 1. The SMILES string of the molecule is CNc1cc(C(C)(C)C)nc(C2(OC)CCOCC2)n1. The van der Waals surface area contributed by atoms with Gasteiger partial charge in [0.15, 0.2) is 5.82 Å². The summed E-state index contributed by atoms with van der Waals surface area (Å²) in [5.41, 5.74) is 0.573. The van der Waals surface area contributed by atoms with Crippen LogP contribution in [0.2, 0.25) is 0 Å². The van der Waals surface area contributed by atoms with Gasteiger partial charge in [-0.2, -0.15) is 0 Å². The highest BCUT2D eigenvalue weighted by molar-refractivity contribution is 5.38. The monoisotopic (exact) mass is 279 g/mol. The molecule has 20 heavy (non-hydrogen) atoms. The van der Waals surface area contributed by atoms with E-state index < -0.39 is 5.60 Å². The third-order valence-electron chi connectivity index (χ3n) is 3.85. The first-order valence-electron chi connectivity index (χ1n) is 7.12. The van der Waals surface area contributed by atoms with Crippen LogP contribution in [0.25, 0.3) is 0 Å². The largest absolute Gasteiger partial charge is 0.381 e. The Kier molecular flexibility index (Phi) is 4.30. The predicted octanol–water partition coefficient (Wildman–Crippen LogP) is 2.47. The van der Waals surface area contributed by atoms with Gasteiger partial charge in [0, 0.05) is 51.7 Å². The Labute approximate surface area is 121 Å². The summed E-state index contributed by atoms with van der Waals surface area (Å²) in [6.07, 6.45) is 1.58. The summed E-state index contributed by atoms with van der Waals surface area (Å²) >= 11 is 0. The smallest absolute Gasteiger partial charge is 0.163 e. The van der Waals surface area contributed by atoms with Gasteiger partial charge in [-0.1, -0.05) is 20.8 Å². The van der Waals surface area contributed by atoms with Crippen molar-refractivity contribution in [3.8, 4) is 0 Å². The van der Waals surface area contributed by atoms with E-state index in [0.717, 1.165) is 30.2 Å². The van der Waals surface area contributed by atoms with Crippen LogP contribution >= 0.6 is 0 Å². The molecule has 0 atom stereocenters. The first-order chi connectivity index (χ1) is 9.41. The van der Waals surface area contributed by atoms with Crippen LogP contribution < -0.4 is 5.32 Å². The zero-order valence-electron chi connectivity index (χ0n) is 13.1. The van der Waals surface area contributed by atoms with E-state index in [1.54, 1.807) is 7.11 Å². The Hall–Kier alpha value is -1.20. The Morgan fingerprint density at radius 2 is 1.90 bits per heavy atom.